The van der Waals surface area contributed by atoms with Crippen molar-refractivity contribution < 1.29 is 4.79 Å². The SMILES string of the molecule is O=C(NCc1nccnc1-c1ccsc1)Nc1cccc(Cl)c1. The fourth-order valence-corrected chi connectivity index (χ4v) is 2.87. The number of amides is 2. The fraction of sp³-hybridized carbons (Fsp3) is 0.0625. The van der Waals surface area contributed by atoms with Crippen molar-refractivity contribution in [2.75, 3.05) is 5.32 Å². The molecule has 0 fully saturated rings. The van der Waals surface area contributed by atoms with E-state index < -0.39 is 0 Å². The van der Waals surface area contributed by atoms with Crippen molar-refractivity contribution in [3.05, 3.63) is 64.2 Å². The van der Waals surface area contributed by atoms with Gasteiger partial charge in [0, 0.05) is 34.0 Å². The number of halogens is 1. The van der Waals surface area contributed by atoms with Crippen LogP contribution in [0.5, 0.6) is 0 Å². The number of urea groups is 1. The van der Waals surface area contributed by atoms with E-state index in [9.17, 15) is 4.79 Å². The normalized spacial score (nSPS) is 10.3. The van der Waals surface area contributed by atoms with Crippen LogP contribution in [0.2, 0.25) is 5.02 Å². The van der Waals surface area contributed by atoms with Crippen LogP contribution in [-0.2, 0) is 6.54 Å². The molecule has 0 bridgehead atoms. The molecule has 0 saturated heterocycles. The molecule has 0 aliphatic carbocycles. The summed E-state index contributed by atoms with van der Waals surface area (Å²) in [6.45, 7) is 0.283. The molecule has 0 aliphatic rings. The minimum Gasteiger partial charge on any atom is -0.332 e. The Morgan fingerprint density at radius 2 is 2.09 bits per heavy atom. The predicted octanol–water partition coefficient (Wildman–Crippen LogP) is 4.18. The largest absolute Gasteiger partial charge is 0.332 e. The summed E-state index contributed by atoms with van der Waals surface area (Å²) in [7, 11) is 0. The first-order valence-electron chi connectivity index (χ1n) is 6.85. The summed E-state index contributed by atoms with van der Waals surface area (Å²) in [6, 6.07) is 8.62. The number of hydrogen-bond acceptors (Lipinski definition) is 4. The third-order valence-corrected chi connectivity index (χ3v) is 3.99. The Labute approximate surface area is 142 Å². The van der Waals surface area contributed by atoms with Crippen molar-refractivity contribution in [1.29, 1.82) is 0 Å². The van der Waals surface area contributed by atoms with Gasteiger partial charge in [-0.1, -0.05) is 17.7 Å². The standard InChI is InChI=1S/C16H13ClN4OS/c17-12-2-1-3-13(8-12)21-16(22)20-9-14-15(19-6-5-18-14)11-4-7-23-10-11/h1-8,10H,9H2,(H2,20,21,22). The number of nitrogens with zero attached hydrogens (tertiary/aromatic N) is 2. The molecule has 0 radical (unpaired) electrons. The molecule has 0 spiro atoms. The lowest BCUT2D eigenvalue weighted by molar-refractivity contribution is 0.251. The van der Waals surface area contributed by atoms with Gasteiger partial charge in [-0.15, -0.1) is 0 Å². The van der Waals surface area contributed by atoms with Crippen LogP contribution in [0.25, 0.3) is 11.3 Å². The number of nitrogens with one attached hydrogen (secondary N) is 2. The van der Waals surface area contributed by atoms with Gasteiger partial charge in [-0.3, -0.25) is 9.97 Å². The molecule has 0 aliphatic heterocycles. The van der Waals surface area contributed by atoms with Crippen molar-refractivity contribution in [2.45, 2.75) is 6.54 Å². The fourth-order valence-electron chi connectivity index (χ4n) is 2.04. The maximum Gasteiger partial charge on any atom is 0.319 e. The van der Waals surface area contributed by atoms with Crippen LogP contribution in [0.1, 0.15) is 5.69 Å². The van der Waals surface area contributed by atoms with Gasteiger partial charge in [0.15, 0.2) is 0 Å². The lowest BCUT2D eigenvalue weighted by atomic mass is 10.2. The molecule has 2 aromatic heterocycles. The molecule has 2 N–H and O–H groups in total. The highest BCUT2D eigenvalue weighted by atomic mass is 35.5. The van der Waals surface area contributed by atoms with Crippen molar-refractivity contribution in [2.24, 2.45) is 0 Å². The smallest absolute Gasteiger partial charge is 0.319 e. The Balaban J connectivity index is 1.66. The molecule has 3 aromatic rings. The molecule has 0 unspecified atom stereocenters. The molecule has 116 valence electrons. The minimum atomic E-state index is -0.325. The zero-order valence-corrected chi connectivity index (χ0v) is 13.6. The summed E-state index contributed by atoms with van der Waals surface area (Å²) in [4.78, 5) is 20.6. The summed E-state index contributed by atoms with van der Waals surface area (Å²) in [5, 5.41) is 10.0. The quantitative estimate of drug-likeness (QED) is 0.746. The average Bonchev–Trinajstić information content (AvgIpc) is 3.07. The van der Waals surface area contributed by atoms with Gasteiger partial charge < -0.3 is 10.6 Å². The van der Waals surface area contributed by atoms with Crippen LogP contribution >= 0.6 is 22.9 Å². The highest BCUT2D eigenvalue weighted by Gasteiger charge is 2.10. The maximum absolute atomic E-state index is 12.0. The van der Waals surface area contributed by atoms with E-state index in [1.54, 1.807) is 48.0 Å². The van der Waals surface area contributed by atoms with E-state index in [0.29, 0.717) is 16.4 Å². The first kappa shape index (κ1) is 15.5. The van der Waals surface area contributed by atoms with Gasteiger partial charge in [0.2, 0.25) is 0 Å². The first-order valence-corrected chi connectivity index (χ1v) is 8.17. The number of benzene rings is 1. The summed E-state index contributed by atoms with van der Waals surface area (Å²) in [6.07, 6.45) is 3.25. The molecule has 0 saturated carbocycles. The molecule has 23 heavy (non-hydrogen) atoms. The molecule has 0 atom stereocenters. The lowest BCUT2D eigenvalue weighted by Crippen LogP contribution is -2.28. The van der Waals surface area contributed by atoms with E-state index in [4.69, 9.17) is 11.6 Å². The summed E-state index contributed by atoms with van der Waals surface area (Å²) < 4.78 is 0. The Bertz CT molecular complexity index is 807. The molecule has 2 heterocycles. The Morgan fingerprint density at radius 3 is 2.87 bits per heavy atom. The number of anilines is 1. The Morgan fingerprint density at radius 1 is 1.22 bits per heavy atom. The van der Waals surface area contributed by atoms with E-state index in [2.05, 4.69) is 20.6 Å². The number of rotatable bonds is 4. The third kappa shape index (κ3) is 4.06. The van der Waals surface area contributed by atoms with E-state index in [-0.39, 0.29) is 12.6 Å². The van der Waals surface area contributed by atoms with Gasteiger partial charge in [-0.25, -0.2) is 4.79 Å². The molecular formula is C16H13ClN4OS. The van der Waals surface area contributed by atoms with E-state index in [0.717, 1.165) is 11.3 Å². The van der Waals surface area contributed by atoms with Crippen LogP contribution in [0.3, 0.4) is 0 Å². The van der Waals surface area contributed by atoms with Crippen molar-refractivity contribution in [1.82, 2.24) is 15.3 Å². The Kier molecular flexibility index (Phi) is 4.85. The monoisotopic (exact) mass is 344 g/mol. The summed E-state index contributed by atoms with van der Waals surface area (Å²) in [5.41, 5.74) is 3.12. The Hall–Kier alpha value is -2.44. The van der Waals surface area contributed by atoms with Crippen molar-refractivity contribution >= 4 is 34.7 Å². The molecular weight excluding hydrogens is 332 g/mol. The molecule has 7 heteroatoms. The second-order valence-electron chi connectivity index (χ2n) is 4.68. The zero-order chi connectivity index (χ0) is 16.1. The number of thiophene rings is 1. The maximum atomic E-state index is 12.0. The van der Waals surface area contributed by atoms with Gasteiger partial charge >= 0.3 is 6.03 Å². The number of carbonyl (C=O) groups is 1. The number of aromatic nitrogens is 2. The highest BCUT2D eigenvalue weighted by Crippen LogP contribution is 2.22. The third-order valence-electron chi connectivity index (χ3n) is 3.07. The van der Waals surface area contributed by atoms with Crippen molar-refractivity contribution in [3.63, 3.8) is 0 Å². The summed E-state index contributed by atoms with van der Waals surface area (Å²) in [5.74, 6) is 0. The molecule has 3 rings (SSSR count). The van der Waals surface area contributed by atoms with Gasteiger partial charge in [0.25, 0.3) is 0 Å². The molecule has 2 amide bonds. The summed E-state index contributed by atoms with van der Waals surface area (Å²) >= 11 is 7.48. The number of carbonyl (C=O) groups excluding carboxylic acids is 1. The zero-order valence-electron chi connectivity index (χ0n) is 12.0. The van der Waals surface area contributed by atoms with E-state index in [1.807, 2.05) is 16.8 Å². The molecule has 1 aromatic carbocycles. The minimum absolute atomic E-state index is 0.283. The highest BCUT2D eigenvalue weighted by molar-refractivity contribution is 7.08. The first-order chi connectivity index (χ1) is 11.2. The average molecular weight is 345 g/mol. The lowest BCUT2D eigenvalue weighted by Gasteiger charge is -2.09. The van der Waals surface area contributed by atoms with E-state index >= 15 is 0 Å². The second kappa shape index (κ2) is 7.21. The second-order valence-corrected chi connectivity index (χ2v) is 5.90. The van der Waals surface area contributed by atoms with Crippen molar-refractivity contribution in [3.8, 4) is 11.3 Å². The van der Waals surface area contributed by atoms with Gasteiger partial charge in [0.1, 0.15) is 0 Å². The van der Waals surface area contributed by atoms with Gasteiger partial charge in [-0.2, -0.15) is 11.3 Å². The van der Waals surface area contributed by atoms with Crippen LogP contribution in [-0.4, -0.2) is 16.0 Å². The van der Waals surface area contributed by atoms with Gasteiger partial charge in [0.05, 0.1) is 17.9 Å². The van der Waals surface area contributed by atoms with Gasteiger partial charge in [-0.05, 0) is 29.6 Å². The predicted molar refractivity (Wildman–Crippen MR) is 92.7 cm³/mol. The van der Waals surface area contributed by atoms with Crippen LogP contribution < -0.4 is 10.6 Å². The number of hydrogen-bond donors (Lipinski definition) is 2. The topological polar surface area (TPSA) is 66.9 Å². The molecule has 5 nitrogen and oxygen atoms in total. The van der Waals surface area contributed by atoms with E-state index in [1.165, 1.54) is 0 Å². The van der Waals surface area contributed by atoms with Crippen LogP contribution in [0, 0.1) is 0 Å². The van der Waals surface area contributed by atoms with Crippen LogP contribution in [0.4, 0.5) is 10.5 Å². The van der Waals surface area contributed by atoms with Crippen LogP contribution in [0.15, 0.2) is 53.5 Å².